The van der Waals surface area contributed by atoms with Gasteiger partial charge in [0.25, 0.3) is 0 Å². The number of aromatic nitrogens is 2. The van der Waals surface area contributed by atoms with E-state index in [0.29, 0.717) is 6.01 Å². The van der Waals surface area contributed by atoms with E-state index in [0.717, 1.165) is 34.6 Å². The maximum Gasteiger partial charge on any atom is 0.322 e. The Hall–Kier alpha value is -1.46. The Bertz CT molecular complexity index is 543. The molecule has 0 spiro atoms. The second-order valence-electron chi connectivity index (χ2n) is 4.10. The van der Waals surface area contributed by atoms with Crippen LogP contribution in [-0.2, 0) is 6.54 Å². The summed E-state index contributed by atoms with van der Waals surface area (Å²) in [7, 11) is 0. The number of hydrogen-bond acceptors (Lipinski definition) is 4. The Labute approximate surface area is 121 Å². The van der Waals surface area contributed by atoms with Crippen molar-refractivity contribution < 1.29 is 4.74 Å². The summed E-state index contributed by atoms with van der Waals surface area (Å²) in [5, 5.41) is 3.25. The summed E-state index contributed by atoms with van der Waals surface area (Å²) < 4.78 is 6.62. The third kappa shape index (κ3) is 4.01. The van der Waals surface area contributed by atoms with Gasteiger partial charge in [0.15, 0.2) is 0 Å². The smallest absolute Gasteiger partial charge is 0.322 e. The van der Waals surface area contributed by atoms with Gasteiger partial charge in [0, 0.05) is 28.5 Å². The summed E-state index contributed by atoms with van der Waals surface area (Å²) in [5.74, 6) is 0.724. The Morgan fingerprint density at radius 2 is 2.00 bits per heavy atom. The lowest BCUT2D eigenvalue weighted by atomic mass is 10.2. The average Bonchev–Trinajstić information content (AvgIpc) is 2.41. The van der Waals surface area contributed by atoms with Gasteiger partial charge >= 0.3 is 6.01 Å². The van der Waals surface area contributed by atoms with E-state index in [4.69, 9.17) is 4.74 Å². The average molecular weight is 322 g/mol. The fraction of sp³-hybridized carbons (Fsp3) is 0.286. The van der Waals surface area contributed by atoms with Crippen molar-refractivity contribution in [3.8, 4) is 11.8 Å². The maximum absolute atomic E-state index is 5.61. The predicted octanol–water partition coefficient (Wildman–Crippen LogP) is 3.45. The molecule has 0 aliphatic carbocycles. The standard InChI is InChI=1S/C14H16BrN3O/c1-3-16-8-11-9-17-14(18-10(11)2)19-13-6-4-12(15)5-7-13/h4-7,9,16H,3,8H2,1-2H3. The van der Waals surface area contributed by atoms with Crippen molar-refractivity contribution in [2.45, 2.75) is 20.4 Å². The van der Waals surface area contributed by atoms with Crippen molar-refractivity contribution in [1.29, 1.82) is 0 Å². The summed E-state index contributed by atoms with van der Waals surface area (Å²) >= 11 is 3.38. The highest BCUT2D eigenvalue weighted by Crippen LogP contribution is 2.21. The number of rotatable bonds is 5. The highest BCUT2D eigenvalue weighted by Gasteiger charge is 2.05. The van der Waals surface area contributed by atoms with Crippen molar-refractivity contribution >= 4 is 15.9 Å². The van der Waals surface area contributed by atoms with Gasteiger partial charge in [0.05, 0.1) is 0 Å². The van der Waals surface area contributed by atoms with E-state index in [9.17, 15) is 0 Å². The van der Waals surface area contributed by atoms with Crippen LogP contribution in [0.15, 0.2) is 34.9 Å². The molecule has 4 nitrogen and oxygen atoms in total. The van der Waals surface area contributed by atoms with E-state index in [2.05, 4.69) is 38.1 Å². The zero-order valence-electron chi connectivity index (χ0n) is 11.0. The SMILES string of the molecule is CCNCc1cnc(Oc2ccc(Br)cc2)nc1C. The van der Waals surface area contributed by atoms with Crippen LogP contribution in [0, 0.1) is 6.92 Å². The molecular formula is C14H16BrN3O. The predicted molar refractivity (Wildman–Crippen MR) is 78.4 cm³/mol. The fourth-order valence-electron chi connectivity index (χ4n) is 1.56. The second-order valence-corrected chi connectivity index (χ2v) is 5.02. The molecule has 100 valence electrons. The van der Waals surface area contributed by atoms with Gasteiger partial charge in [-0.1, -0.05) is 22.9 Å². The van der Waals surface area contributed by atoms with Crippen LogP contribution in [0.1, 0.15) is 18.2 Å². The highest BCUT2D eigenvalue weighted by atomic mass is 79.9. The molecular weight excluding hydrogens is 306 g/mol. The molecule has 0 aliphatic rings. The van der Waals surface area contributed by atoms with Gasteiger partial charge in [0.2, 0.25) is 0 Å². The third-order valence-corrected chi connectivity index (χ3v) is 3.18. The largest absolute Gasteiger partial charge is 0.424 e. The van der Waals surface area contributed by atoms with Crippen molar-refractivity contribution in [1.82, 2.24) is 15.3 Å². The molecule has 0 amide bonds. The van der Waals surface area contributed by atoms with Crippen molar-refractivity contribution in [2.75, 3.05) is 6.54 Å². The molecule has 1 aromatic carbocycles. The molecule has 0 atom stereocenters. The van der Waals surface area contributed by atoms with E-state index < -0.39 is 0 Å². The van der Waals surface area contributed by atoms with Crippen LogP contribution in [0.2, 0.25) is 0 Å². The Morgan fingerprint density at radius 1 is 1.26 bits per heavy atom. The number of benzene rings is 1. The Kier molecular flexibility index (Phi) is 4.87. The molecule has 0 radical (unpaired) electrons. The number of aryl methyl sites for hydroxylation is 1. The minimum Gasteiger partial charge on any atom is -0.424 e. The highest BCUT2D eigenvalue weighted by molar-refractivity contribution is 9.10. The Morgan fingerprint density at radius 3 is 2.63 bits per heavy atom. The Balaban J connectivity index is 2.09. The van der Waals surface area contributed by atoms with E-state index in [1.54, 1.807) is 6.20 Å². The van der Waals surface area contributed by atoms with E-state index in [1.807, 2.05) is 31.2 Å². The van der Waals surface area contributed by atoms with Gasteiger partial charge in [-0.2, -0.15) is 4.98 Å². The van der Waals surface area contributed by atoms with Gasteiger partial charge in [-0.3, -0.25) is 0 Å². The first-order valence-corrected chi connectivity index (χ1v) is 6.95. The number of ether oxygens (including phenoxy) is 1. The molecule has 1 aromatic heterocycles. The first kappa shape index (κ1) is 14.0. The van der Waals surface area contributed by atoms with Gasteiger partial charge < -0.3 is 10.1 Å². The summed E-state index contributed by atoms with van der Waals surface area (Å²) in [4.78, 5) is 8.58. The molecule has 0 fully saturated rings. The fourth-order valence-corrected chi connectivity index (χ4v) is 1.83. The van der Waals surface area contributed by atoms with Crippen LogP contribution in [-0.4, -0.2) is 16.5 Å². The molecule has 1 N–H and O–H groups in total. The lowest BCUT2D eigenvalue weighted by Crippen LogP contribution is -2.13. The molecule has 2 aromatic rings. The van der Waals surface area contributed by atoms with Gasteiger partial charge in [-0.05, 0) is 37.7 Å². The summed E-state index contributed by atoms with van der Waals surface area (Å²) in [6.07, 6.45) is 1.80. The lowest BCUT2D eigenvalue weighted by molar-refractivity contribution is 0.439. The summed E-state index contributed by atoms with van der Waals surface area (Å²) in [5.41, 5.74) is 2.02. The molecule has 0 unspecified atom stereocenters. The zero-order valence-corrected chi connectivity index (χ0v) is 12.6. The molecule has 0 bridgehead atoms. The molecule has 0 aliphatic heterocycles. The van der Waals surface area contributed by atoms with E-state index >= 15 is 0 Å². The van der Waals surface area contributed by atoms with Crippen molar-refractivity contribution in [3.05, 3.63) is 46.2 Å². The van der Waals surface area contributed by atoms with Gasteiger partial charge in [-0.15, -0.1) is 0 Å². The quantitative estimate of drug-likeness (QED) is 0.916. The molecule has 19 heavy (non-hydrogen) atoms. The molecule has 0 saturated heterocycles. The maximum atomic E-state index is 5.61. The topological polar surface area (TPSA) is 47.0 Å². The normalized spacial score (nSPS) is 10.5. The molecule has 2 rings (SSSR count). The molecule has 5 heteroatoms. The first-order chi connectivity index (χ1) is 9.19. The minimum absolute atomic E-state index is 0.375. The lowest BCUT2D eigenvalue weighted by Gasteiger charge is -2.08. The number of halogens is 1. The number of hydrogen-bond donors (Lipinski definition) is 1. The molecule has 0 saturated carbocycles. The van der Waals surface area contributed by atoms with Gasteiger partial charge in [-0.25, -0.2) is 4.98 Å². The third-order valence-electron chi connectivity index (χ3n) is 2.65. The van der Waals surface area contributed by atoms with Crippen LogP contribution in [0.3, 0.4) is 0 Å². The van der Waals surface area contributed by atoms with E-state index in [1.165, 1.54) is 0 Å². The number of nitrogens with one attached hydrogen (secondary N) is 1. The van der Waals surface area contributed by atoms with E-state index in [-0.39, 0.29) is 0 Å². The van der Waals surface area contributed by atoms with Crippen molar-refractivity contribution in [2.24, 2.45) is 0 Å². The first-order valence-electron chi connectivity index (χ1n) is 6.15. The van der Waals surface area contributed by atoms with Crippen molar-refractivity contribution in [3.63, 3.8) is 0 Å². The van der Waals surface area contributed by atoms with Crippen LogP contribution in [0.4, 0.5) is 0 Å². The van der Waals surface area contributed by atoms with Gasteiger partial charge in [0.1, 0.15) is 5.75 Å². The summed E-state index contributed by atoms with van der Waals surface area (Å²) in [6, 6.07) is 7.95. The summed E-state index contributed by atoms with van der Waals surface area (Å²) in [6.45, 7) is 5.74. The van der Waals surface area contributed by atoms with Crippen LogP contribution >= 0.6 is 15.9 Å². The zero-order chi connectivity index (χ0) is 13.7. The van der Waals surface area contributed by atoms with Crippen LogP contribution < -0.4 is 10.1 Å². The monoisotopic (exact) mass is 321 g/mol. The van der Waals surface area contributed by atoms with Crippen LogP contribution in [0.5, 0.6) is 11.8 Å². The minimum atomic E-state index is 0.375. The number of nitrogens with zero attached hydrogens (tertiary/aromatic N) is 2. The second kappa shape index (κ2) is 6.63. The van der Waals surface area contributed by atoms with Crippen LogP contribution in [0.25, 0.3) is 0 Å². The molecule has 1 heterocycles.